The van der Waals surface area contributed by atoms with E-state index in [0.717, 1.165) is 23.8 Å². The first-order valence-electron chi connectivity index (χ1n) is 5.98. The monoisotopic (exact) mass is 304 g/mol. The molecule has 1 unspecified atom stereocenters. The van der Waals surface area contributed by atoms with Crippen LogP contribution in [-0.2, 0) is 17.1 Å². The fourth-order valence-corrected chi connectivity index (χ4v) is 2.12. The third-order valence-corrected chi connectivity index (χ3v) is 3.30. The quantitative estimate of drug-likeness (QED) is 0.622. The maximum Gasteiger partial charge on any atom is 2.00 e. The Hall–Kier alpha value is 0.829. The van der Waals surface area contributed by atoms with Crippen molar-refractivity contribution in [1.29, 1.82) is 0 Å². The van der Waals surface area contributed by atoms with Gasteiger partial charge in [-0.1, -0.05) is 6.92 Å². The predicted octanol–water partition coefficient (Wildman–Crippen LogP) is 2.91. The number of rotatable bonds is 5. The van der Waals surface area contributed by atoms with Gasteiger partial charge in [-0.2, -0.15) is 11.8 Å². The summed E-state index contributed by atoms with van der Waals surface area (Å²) in [7, 11) is 0. The van der Waals surface area contributed by atoms with Gasteiger partial charge >= 0.3 is 17.1 Å². The Morgan fingerprint density at radius 1 is 1.00 bits per heavy atom. The summed E-state index contributed by atoms with van der Waals surface area (Å²) in [6, 6.07) is 0. The zero-order valence-corrected chi connectivity index (χ0v) is 12.5. The van der Waals surface area contributed by atoms with Crippen molar-refractivity contribution in [3.8, 4) is 0 Å². The first-order valence-corrected chi connectivity index (χ1v) is 7.14. The van der Waals surface area contributed by atoms with Gasteiger partial charge in [0, 0.05) is 5.92 Å². The van der Waals surface area contributed by atoms with Crippen LogP contribution in [0.25, 0.3) is 0 Å². The molecule has 0 saturated heterocycles. The number of hydrogen-bond donors (Lipinski definition) is 1. The smallest absolute Gasteiger partial charge is 0.392 e. The molecule has 0 aromatic heterocycles. The second kappa shape index (κ2) is 12.8. The third-order valence-electron chi connectivity index (χ3n) is 2.37. The SMILES string of the molecule is CCSCCC(O)[C]1[CH][CH][CH][CH]1.[CH]1[CH][CH][CH][CH]1.[Fe+2]. The minimum absolute atomic E-state index is 0. The maximum atomic E-state index is 9.62. The van der Waals surface area contributed by atoms with Crippen molar-refractivity contribution in [3.63, 3.8) is 0 Å². The van der Waals surface area contributed by atoms with E-state index in [1.165, 1.54) is 0 Å². The van der Waals surface area contributed by atoms with Crippen LogP contribution in [0.2, 0.25) is 0 Å². The predicted molar refractivity (Wildman–Crippen MR) is 75.6 cm³/mol. The molecule has 0 aliphatic heterocycles. The average molecular weight is 304 g/mol. The van der Waals surface area contributed by atoms with Crippen molar-refractivity contribution in [1.82, 2.24) is 0 Å². The molecular weight excluding hydrogens is 284 g/mol. The number of hydrogen-bond acceptors (Lipinski definition) is 2. The molecule has 1 nitrogen and oxygen atoms in total. The molecule has 98 valence electrons. The summed E-state index contributed by atoms with van der Waals surface area (Å²) in [6.07, 6.45) is 18.5. The van der Waals surface area contributed by atoms with Gasteiger partial charge in [-0.25, -0.2) is 0 Å². The zero-order valence-electron chi connectivity index (χ0n) is 10.6. The summed E-state index contributed by atoms with van der Waals surface area (Å²) >= 11 is 1.87. The van der Waals surface area contributed by atoms with Crippen LogP contribution < -0.4 is 0 Å². The van der Waals surface area contributed by atoms with Crippen LogP contribution in [0.15, 0.2) is 0 Å². The Morgan fingerprint density at radius 2 is 1.50 bits per heavy atom. The third kappa shape index (κ3) is 8.85. The van der Waals surface area contributed by atoms with Crippen molar-refractivity contribution in [2.75, 3.05) is 11.5 Å². The van der Waals surface area contributed by atoms with E-state index in [0.29, 0.717) is 0 Å². The van der Waals surface area contributed by atoms with Crippen LogP contribution >= 0.6 is 11.8 Å². The largest absolute Gasteiger partial charge is 2.00 e. The molecule has 0 amide bonds. The first-order chi connectivity index (χ1) is 8.34. The van der Waals surface area contributed by atoms with Crippen molar-refractivity contribution in [2.45, 2.75) is 19.4 Å². The Morgan fingerprint density at radius 3 is 1.94 bits per heavy atom. The average Bonchev–Trinajstić information content (AvgIpc) is 3.05. The number of thioether (sulfide) groups is 1. The van der Waals surface area contributed by atoms with Crippen LogP contribution in [0.3, 0.4) is 0 Å². The van der Waals surface area contributed by atoms with Crippen molar-refractivity contribution in [2.24, 2.45) is 0 Å². The fourth-order valence-electron chi connectivity index (χ4n) is 1.44. The topological polar surface area (TPSA) is 20.2 Å². The Bertz CT molecular complexity index is 160. The molecule has 0 aromatic carbocycles. The zero-order chi connectivity index (χ0) is 12.3. The normalized spacial score (nSPS) is 21.0. The summed E-state index contributed by atoms with van der Waals surface area (Å²) in [5.41, 5.74) is 0. The molecule has 2 rings (SSSR count). The van der Waals surface area contributed by atoms with E-state index < -0.39 is 0 Å². The second-order valence-electron chi connectivity index (χ2n) is 3.68. The first kappa shape index (κ1) is 18.8. The summed E-state index contributed by atoms with van der Waals surface area (Å²) < 4.78 is 0. The molecule has 0 bridgehead atoms. The van der Waals surface area contributed by atoms with Gasteiger partial charge < -0.3 is 5.11 Å². The van der Waals surface area contributed by atoms with Crippen LogP contribution in [0.4, 0.5) is 0 Å². The molecule has 0 heterocycles. The molecular formula is C15H20FeOS+2. The minimum atomic E-state index is -0.265. The van der Waals surface area contributed by atoms with Crippen molar-refractivity contribution < 1.29 is 22.2 Å². The number of aliphatic hydroxyl groups excluding tert-OH is 1. The molecule has 1 atom stereocenters. The second-order valence-corrected chi connectivity index (χ2v) is 5.08. The van der Waals surface area contributed by atoms with Crippen LogP contribution in [0, 0.1) is 63.7 Å². The van der Waals surface area contributed by atoms with Crippen LogP contribution in [0.5, 0.6) is 0 Å². The molecule has 18 heavy (non-hydrogen) atoms. The molecule has 2 aliphatic rings. The minimum Gasteiger partial charge on any atom is -0.392 e. The van der Waals surface area contributed by atoms with Crippen LogP contribution in [0.1, 0.15) is 13.3 Å². The Balaban J connectivity index is 0.000000405. The Kier molecular flexibility index (Phi) is 13.4. The van der Waals surface area contributed by atoms with Crippen molar-refractivity contribution in [3.05, 3.63) is 63.7 Å². The van der Waals surface area contributed by atoms with Crippen molar-refractivity contribution >= 4 is 11.8 Å². The van der Waals surface area contributed by atoms with E-state index in [1.54, 1.807) is 0 Å². The number of aliphatic hydroxyl groups is 1. The van der Waals surface area contributed by atoms with E-state index in [-0.39, 0.29) is 23.2 Å². The van der Waals surface area contributed by atoms with E-state index in [4.69, 9.17) is 0 Å². The van der Waals surface area contributed by atoms with Gasteiger partial charge in [0.15, 0.2) is 0 Å². The molecule has 2 fully saturated rings. The van der Waals surface area contributed by atoms with Gasteiger partial charge in [0.1, 0.15) is 0 Å². The van der Waals surface area contributed by atoms with E-state index in [1.807, 2.05) is 69.5 Å². The van der Waals surface area contributed by atoms with Gasteiger partial charge in [-0.3, -0.25) is 0 Å². The van der Waals surface area contributed by atoms with E-state index >= 15 is 0 Å². The standard InChI is InChI=1S/C10H15OS.C5H5.Fe/c1-2-12-8-7-10(11)9-5-3-4-6-9;1-2-4-5-3-1;/h3-6,10-11H,2,7-8H2,1H3;1-5H;/q;;+2. The fraction of sp³-hybridized carbons (Fsp3) is 0.333. The van der Waals surface area contributed by atoms with Gasteiger partial charge in [0.25, 0.3) is 0 Å². The Labute approximate surface area is 128 Å². The molecule has 0 spiro atoms. The molecule has 10 radical (unpaired) electrons. The molecule has 2 aliphatic carbocycles. The molecule has 3 heteroatoms. The van der Waals surface area contributed by atoms with Gasteiger partial charge in [-0.15, -0.1) is 0 Å². The van der Waals surface area contributed by atoms with Gasteiger partial charge in [0.05, 0.1) is 6.10 Å². The molecule has 2 saturated carbocycles. The van der Waals surface area contributed by atoms with E-state index in [2.05, 4.69) is 6.92 Å². The molecule has 1 N–H and O–H groups in total. The van der Waals surface area contributed by atoms with Crippen LogP contribution in [-0.4, -0.2) is 22.7 Å². The summed E-state index contributed by atoms with van der Waals surface area (Å²) in [5, 5.41) is 9.62. The van der Waals surface area contributed by atoms with Gasteiger partial charge in [-0.05, 0) is 75.7 Å². The summed E-state index contributed by atoms with van der Waals surface area (Å²) in [4.78, 5) is 0. The van der Waals surface area contributed by atoms with E-state index in [9.17, 15) is 5.11 Å². The summed E-state index contributed by atoms with van der Waals surface area (Å²) in [6.45, 7) is 2.14. The maximum absolute atomic E-state index is 9.62. The summed E-state index contributed by atoms with van der Waals surface area (Å²) in [5.74, 6) is 3.23. The molecule has 0 aromatic rings. The van der Waals surface area contributed by atoms with Gasteiger partial charge in [0.2, 0.25) is 0 Å².